The Balaban J connectivity index is 2.80. The molecule has 1 heterocycles. The van der Waals surface area contributed by atoms with Gasteiger partial charge in [-0.15, -0.1) is 0 Å². The second kappa shape index (κ2) is 4.91. The first-order chi connectivity index (χ1) is 7.34. The zero-order valence-corrected chi connectivity index (χ0v) is 10.6. The molecule has 4 nitrogen and oxygen atoms in total. The maximum atomic E-state index is 11.7. The summed E-state index contributed by atoms with van der Waals surface area (Å²) >= 11 is 4.94. The number of rotatable bonds is 3. The van der Waals surface area contributed by atoms with Gasteiger partial charge in [-0.2, -0.15) is 0 Å². The van der Waals surface area contributed by atoms with Crippen LogP contribution in [0.3, 0.4) is 0 Å². The van der Waals surface area contributed by atoms with E-state index < -0.39 is 5.41 Å². The predicted octanol–water partition coefficient (Wildman–Crippen LogP) is 1.23. The molecule has 16 heavy (non-hydrogen) atoms. The fraction of sp³-hybridized carbons (Fsp3) is 0.727. The molecule has 0 aliphatic carbocycles. The van der Waals surface area contributed by atoms with Crippen molar-refractivity contribution in [2.75, 3.05) is 6.54 Å². The normalized spacial score (nSPS) is 18.5. The van der Waals surface area contributed by atoms with Crippen LogP contribution in [0.25, 0.3) is 0 Å². The molecule has 5 heteroatoms. The molecule has 2 amide bonds. The number of likely N-dealkylation sites (tertiary alicyclic amines) is 1. The van der Waals surface area contributed by atoms with Gasteiger partial charge in [0.05, 0.1) is 4.99 Å². The molecule has 90 valence electrons. The number of hydrogen-bond acceptors (Lipinski definition) is 3. The second-order valence-corrected chi connectivity index (χ2v) is 5.27. The van der Waals surface area contributed by atoms with Gasteiger partial charge < -0.3 is 5.73 Å². The van der Waals surface area contributed by atoms with Gasteiger partial charge in [-0.1, -0.05) is 26.1 Å². The van der Waals surface area contributed by atoms with Gasteiger partial charge in [-0.3, -0.25) is 14.5 Å². The van der Waals surface area contributed by atoms with Crippen molar-refractivity contribution in [1.29, 1.82) is 0 Å². The quantitative estimate of drug-likeness (QED) is 0.597. The average molecular weight is 242 g/mol. The van der Waals surface area contributed by atoms with E-state index in [1.165, 1.54) is 4.90 Å². The van der Waals surface area contributed by atoms with Crippen LogP contribution < -0.4 is 5.73 Å². The van der Waals surface area contributed by atoms with Crippen molar-refractivity contribution in [3.63, 3.8) is 0 Å². The molecule has 1 aliphatic rings. The van der Waals surface area contributed by atoms with Crippen molar-refractivity contribution in [3.8, 4) is 0 Å². The third-order valence-electron chi connectivity index (χ3n) is 2.85. The molecule has 1 aliphatic heterocycles. The minimum absolute atomic E-state index is 0.105. The zero-order valence-electron chi connectivity index (χ0n) is 9.78. The van der Waals surface area contributed by atoms with E-state index in [1.807, 2.05) is 13.8 Å². The lowest BCUT2D eigenvalue weighted by molar-refractivity contribution is -0.144. The fourth-order valence-electron chi connectivity index (χ4n) is 1.61. The van der Waals surface area contributed by atoms with Gasteiger partial charge in [0, 0.05) is 24.8 Å². The molecule has 0 unspecified atom stereocenters. The lowest BCUT2D eigenvalue weighted by Crippen LogP contribution is -2.46. The van der Waals surface area contributed by atoms with Crippen LogP contribution in [-0.2, 0) is 9.59 Å². The van der Waals surface area contributed by atoms with Crippen LogP contribution in [0.1, 0.15) is 39.5 Å². The largest absolute Gasteiger partial charge is 0.393 e. The minimum Gasteiger partial charge on any atom is -0.393 e. The Morgan fingerprint density at radius 1 is 1.31 bits per heavy atom. The maximum Gasteiger partial charge on any atom is 0.229 e. The number of hydrogen-bond donors (Lipinski definition) is 1. The molecule has 0 bridgehead atoms. The van der Waals surface area contributed by atoms with Gasteiger partial charge in [0.1, 0.15) is 0 Å². The van der Waals surface area contributed by atoms with E-state index in [4.69, 9.17) is 18.0 Å². The van der Waals surface area contributed by atoms with Gasteiger partial charge in [0.25, 0.3) is 0 Å². The summed E-state index contributed by atoms with van der Waals surface area (Å²) in [5.41, 5.74) is 5.10. The fourth-order valence-corrected chi connectivity index (χ4v) is 1.68. The van der Waals surface area contributed by atoms with Gasteiger partial charge in [-0.25, -0.2) is 0 Å². The first kappa shape index (κ1) is 13.1. The number of thiocarbonyl (C=S) groups is 1. The molecule has 0 aromatic carbocycles. The summed E-state index contributed by atoms with van der Waals surface area (Å²) in [4.78, 5) is 25.1. The molecule has 1 rings (SSSR count). The third-order valence-corrected chi connectivity index (χ3v) is 3.41. The lowest BCUT2D eigenvalue weighted by atomic mass is 9.92. The van der Waals surface area contributed by atoms with E-state index in [-0.39, 0.29) is 11.8 Å². The van der Waals surface area contributed by atoms with E-state index in [0.717, 1.165) is 12.8 Å². The number of nitrogens with two attached hydrogens (primary N) is 1. The first-order valence-corrected chi connectivity index (χ1v) is 5.88. The summed E-state index contributed by atoms with van der Waals surface area (Å²) in [6.45, 7) is 3.99. The van der Waals surface area contributed by atoms with Gasteiger partial charge in [-0.05, 0) is 12.8 Å². The van der Waals surface area contributed by atoms with Crippen LogP contribution in [0.2, 0.25) is 0 Å². The van der Waals surface area contributed by atoms with Crippen molar-refractivity contribution < 1.29 is 9.59 Å². The Bertz CT molecular complexity index is 308. The number of imide groups is 1. The van der Waals surface area contributed by atoms with Crippen LogP contribution in [0, 0.1) is 5.41 Å². The average Bonchev–Trinajstić information content (AvgIpc) is 2.32. The van der Waals surface area contributed by atoms with E-state index in [9.17, 15) is 9.59 Å². The molecule has 2 N–H and O–H groups in total. The number of carbonyl (C=O) groups excluding carboxylic acids is 2. The summed E-state index contributed by atoms with van der Waals surface area (Å²) < 4.78 is 0. The summed E-state index contributed by atoms with van der Waals surface area (Å²) in [7, 11) is 0. The minimum atomic E-state index is -0.495. The smallest absolute Gasteiger partial charge is 0.229 e. The number of carbonyl (C=O) groups is 2. The topological polar surface area (TPSA) is 63.4 Å². The predicted molar refractivity (Wildman–Crippen MR) is 65.8 cm³/mol. The molecule has 0 radical (unpaired) electrons. The molecule has 1 saturated heterocycles. The molecule has 1 fully saturated rings. The summed E-state index contributed by atoms with van der Waals surface area (Å²) in [6, 6.07) is 0. The maximum absolute atomic E-state index is 11.7. The summed E-state index contributed by atoms with van der Waals surface area (Å²) in [5.74, 6) is -0.210. The van der Waals surface area contributed by atoms with Crippen molar-refractivity contribution in [3.05, 3.63) is 0 Å². The van der Waals surface area contributed by atoms with Crippen LogP contribution in [0.15, 0.2) is 0 Å². The number of amides is 2. The highest BCUT2D eigenvalue weighted by atomic mass is 32.1. The molecule has 0 atom stereocenters. The monoisotopic (exact) mass is 242 g/mol. The molecule has 0 aromatic rings. The van der Waals surface area contributed by atoms with Crippen molar-refractivity contribution in [2.24, 2.45) is 11.1 Å². The standard InChI is InChI=1S/C11H18N2O2S/c1-11(2,10(12)16)7-13-8(14)5-3-4-6-9(13)15/h3-7H2,1-2H3,(H2,12,16). The molecular formula is C11H18N2O2S. The lowest BCUT2D eigenvalue weighted by Gasteiger charge is -2.29. The summed E-state index contributed by atoms with van der Waals surface area (Å²) in [5, 5.41) is 0. The Labute approximate surface area is 101 Å². The summed E-state index contributed by atoms with van der Waals surface area (Å²) in [6.07, 6.45) is 2.46. The van der Waals surface area contributed by atoms with Gasteiger partial charge in [0.15, 0.2) is 0 Å². The zero-order chi connectivity index (χ0) is 12.3. The molecule has 0 aromatic heterocycles. The first-order valence-electron chi connectivity index (χ1n) is 5.48. The highest BCUT2D eigenvalue weighted by Gasteiger charge is 2.31. The highest BCUT2D eigenvalue weighted by molar-refractivity contribution is 7.80. The van der Waals surface area contributed by atoms with Crippen LogP contribution in [-0.4, -0.2) is 28.2 Å². The third kappa shape index (κ3) is 3.01. The van der Waals surface area contributed by atoms with Crippen molar-refractivity contribution in [1.82, 2.24) is 4.90 Å². The molecular weight excluding hydrogens is 224 g/mol. The number of nitrogens with zero attached hydrogens (tertiary/aromatic N) is 1. The molecule has 0 spiro atoms. The molecule has 0 saturated carbocycles. The second-order valence-electron chi connectivity index (χ2n) is 4.83. The van der Waals surface area contributed by atoms with Crippen molar-refractivity contribution in [2.45, 2.75) is 39.5 Å². The Morgan fingerprint density at radius 2 is 1.75 bits per heavy atom. The van der Waals surface area contributed by atoms with Crippen molar-refractivity contribution >= 4 is 29.0 Å². The van der Waals surface area contributed by atoms with E-state index in [1.54, 1.807) is 0 Å². The van der Waals surface area contributed by atoms with E-state index in [0.29, 0.717) is 24.4 Å². The Morgan fingerprint density at radius 3 is 2.12 bits per heavy atom. The van der Waals surface area contributed by atoms with Crippen LogP contribution >= 0.6 is 12.2 Å². The Kier molecular flexibility index (Phi) is 4.02. The Hall–Kier alpha value is -0.970. The van der Waals surface area contributed by atoms with E-state index >= 15 is 0 Å². The highest BCUT2D eigenvalue weighted by Crippen LogP contribution is 2.21. The van der Waals surface area contributed by atoms with Gasteiger partial charge in [0.2, 0.25) is 11.8 Å². The van der Waals surface area contributed by atoms with Gasteiger partial charge >= 0.3 is 0 Å². The SMILES string of the molecule is CC(C)(CN1C(=O)CCCCC1=O)C(N)=S. The van der Waals surface area contributed by atoms with Crippen LogP contribution in [0.5, 0.6) is 0 Å². The van der Waals surface area contributed by atoms with Crippen LogP contribution in [0.4, 0.5) is 0 Å². The van der Waals surface area contributed by atoms with E-state index in [2.05, 4.69) is 0 Å².